The van der Waals surface area contributed by atoms with Crippen LogP contribution in [0.1, 0.15) is 36.7 Å². The molecule has 1 N–H and O–H groups in total. The van der Waals surface area contributed by atoms with Crippen LogP contribution in [0.5, 0.6) is 11.5 Å². The lowest BCUT2D eigenvalue weighted by atomic mass is 9.99. The molecule has 0 aliphatic heterocycles. The number of ketones is 1. The summed E-state index contributed by atoms with van der Waals surface area (Å²) < 4.78 is 17.0. The summed E-state index contributed by atoms with van der Waals surface area (Å²) in [7, 11) is 1.64. The monoisotopic (exact) mass is 469 g/mol. The van der Waals surface area contributed by atoms with Crippen LogP contribution in [0.4, 0.5) is 5.69 Å². The second kappa shape index (κ2) is 10.3. The summed E-state index contributed by atoms with van der Waals surface area (Å²) in [6.07, 6.45) is 3.26. The van der Waals surface area contributed by atoms with Gasteiger partial charge in [-0.05, 0) is 74.4 Å². The number of hydrogen-bond donors (Lipinski definition) is 1. The Bertz CT molecular complexity index is 1400. The number of carbonyl (C=O) groups excluding carboxylic acids is 2. The lowest BCUT2D eigenvalue weighted by Gasteiger charge is -2.12. The number of furan rings is 1. The first kappa shape index (κ1) is 23.8. The standard InChI is InChI=1S/C29H27NO5/c1-5-34-27-16-28-25(26(17-35-28)21-8-12-23(33-4)13-9-21)15-24(27)18(2)14-29(32)30-22-10-6-20(7-11-22)19(3)31/h6-17H,5H2,1-4H3,(H,30,32)/b18-14+. The van der Waals surface area contributed by atoms with Crippen molar-refractivity contribution in [3.8, 4) is 22.6 Å². The van der Waals surface area contributed by atoms with Crippen molar-refractivity contribution in [3.05, 3.63) is 84.1 Å². The molecule has 0 bridgehead atoms. The van der Waals surface area contributed by atoms with Crippen molar-refractivity contribution in [2.24, 2.45) is 0 Å². The summed E-state index contributed by atoms with van der Waals surface area (Å²) in [6.45, 7) is 5.77. The minimum absolute atomic E-state index is 0.0225. The first-order valence-electron chi connectivity index (χ1n) is 11.3. The molecule has 1 heterocycles. The van der Waals surface area contributed by atoms with Crippen LogP contribution in [0, 0.1) is 0 Å². The van der Waals surface area contributed by atoms with Gasteiger partial charge in [0.25, 0.3) is 0 Å². The number of anilines is 1. The smallest absolute Gasteiger partial charge is 0.248 e. The highest BCUT2D eigenvalue weighted by molar-refractivity contribution is 6.05. The second-order valence-corrected chi connectivity index (χ2v) is 8.11. The zero-order valence-corrected chi connectivity index (χ0v) is 20.2. The number of nitrogens with one attached hydrogen (secondary N) is 1. The fourth-order valence-electron chi connectivity index (χ4n) is 3.87. The number of allylic oxidation sites excluding steroid dienone is 1. The highest BCUT2D eigenvalue weighted by Crippen LogP contribution is 2.38. The number of ether oxygens (including phenoxy) is 2. The summed E-state index contributed by atoms with van der Waals surface area (Å²) >= 11 is 0. The molecule has 4 rings (SSSR count). The van der Waals surface area contributed by atoms with Gasteiger partial charge in [-0.15, -0.1) is 0 Å². The van der Waals surface area contributed by atoms with E-state index in [4.69, 9.17) is 13.9 Å². The molecule has 0 saturated heterocycles. The van der Waals surface area contributed by atoms with Crippen LogP contribution in [0.2, 0.25) is 0 Å². The predicted molar refractivity (Wildman–Crippen MR) is 138 cm³/mol. The average Bonchev–Trinajstić information content (AvgIpc) is 3.27. The summed E-state index contributed by atoms with van der Waals surface area (Å²) in [5, 5.41) is 3.76. The Labute approximate surface area is 204 Å². The predicted octanol–water partition coefficient (Wildman–Crippen LogP) is 6.75. The van der Waals surface area contributed by atoms with Crippen LogP contribution in [0.3, 0.4) is 0 Å². The molecule has 1 aromatic heterocycles. The first-order valence-corrected chi connectivity index (χ1v) is 11.3. The van der Waals surface area contributed by atoms with Crippen molar-refractivity contribution < 1.29 is 23.5 Å². The lowest BCUT2D eigenvalue weighted by Crippen LogP contribution is -2.09. The van der Waals surface area contributed by atoms with Crippen molar-refractivity contribution in [2.75, 3.05) is 19.0 Å². The molecular formula is C29H27NO5. The molecule has 178 valence electrons. The van der Waals surface area contributed by atoms with Gasteiger partial charge in [0, 0.05) is 39.9 Å². The number of hydrogen-bond acceptors (Lipinski definition) is 5. The molecule has 1 amide bonds. The molecule has 0 spiro atoms. The molecule has 0 atom stereocenters. The van der Waals surface area contributed by atoms with E-state index in [1.807, 2.05) is 50.2 Å². The third-order valence-electron chi connectivity index (χ3n) is 5.71. The quantitative estimate of drug-likeness (QED) is 0.228. The highest BCUT2D eigenvalue weighted by Gasteiger charge is 2.15. The second-order valence-electron chi connectivity index (χ2n) is 8.11. The van der Waals surface area contributed by atoms with Crippen LogP contribution in [-0.4, -0.2) is 25.4 Å². The number of fused-ring (bicyclic) bond motifs is 1. The lowest BCUT2D eigenvalue weighted by molar-refractivity contribution is -0.111. The van der Waals surface area contributed by atoms with Crippen LogP contribution in [-0.2, 0) is 4.79 Å². The van der Waals surface area contributed by atoms with E-state index in [1.54, 1.807) is 37.6 Å². The Kier molecular flexibility index (Phi) is 7.01. The summed E-state index contributed by atoms with van der Waals surface area (Å²) in [6, 6.07) is 18.4. The molecule has 4 aromatic rings. The molecule has 6 heteroatoms. The van der Waals surface area contributed by atoms with Crippen molar-refractivity contribution in [1.82, 2.24) is 0 Å². The van der Waals surface area contributed by atoms with Crippen LogP contribution in [0.25, 0.3) is 27.7 Å². The van der Waals surface area contributed by atoms with Crippen molar-refractivity contribution >= 4 is 33.9 Å². The Morgan fingerprint density at radius 1 is 1.00 bits per heavy atom. The third kappa shape index (κ3) is 5.27. The molecular weight excluding hydrogens is 442 g/mol. The normalized spacial score (nSPS) is 11.4. The van der Waals surface area contributed by atoms with E-state index < -0.39 is 0 Å². The number of methoxy groups -OCH3 is 1. The topological polar surface area (TPSA) is 77.8 Å². The Balaban J connectivity index is 1.67. The minimum Gasteiger partial charge on any atom is -0.497 e. The number of benzene rings is 3. The molecule has 0 unspecified atom stereocenters. The fraction of sp³-hybridized carbons (Fsp3) is 0.172. The van der Waals surface area contributed by atoms with Gasteiger partial charge in [0.05, 0.1) is 20.0 Å². The van der Waals surface area contributed by atoms with Crippen molar-refractivity contribution in [3.63, 3.8) is 0 Å². The van der Waals surface area contributed by atoms with Crippen molar-refractivity contribution in [1.29, 1.82) is 0 Å². The SMILES string of the molecule is CCOc1cc2occ(-c3ccc(OC)cc3)c2cc1/C(C)=C/C(=O)Nc1ccc(C(C)=O)cc1. The maximum absolute atomic E-state index is 12.7. The van der Waals surface area contributed by atoms with E-state index in [0.29, 0.717) is 29.2 Å². The molecule has 35 heavy (non-hydrogen) atoms. The van der Waals surface area contributed by atoms with Gasteiger partial charge >= 0.3 is 0 Å². The maximum atomic E-state index is 12.7. The van der Waals surface area contributed by atoms with E-state index in [-0.39, 0.29) is 11.7 Å². The molecule has 6 nitrogen and oxygen atoms in total. The first-order chi connectivity index (χ1) is 16.9. The van der Waals surface area contributed by atoms with Gasteiger partial charge in [-0.3, -0.25) is 9.59 Å². The third-order valence-corrected chi connectivity index (χ3v) is 5.71. The summed E-state index contributed by atoms with van der Waals surface area (Å²) in [5.74, 6) is 1.12. The maximum Gasteiger partial charge on any atom is 0.248 e. The van der Waals surface area contributed by atoms with E-state index in [1.165, 1.54) is 13.0 Å². The molecule has 0 fully saturated rings. The number of Topliss-reactive ketones (excluding diaryl/α,β-unsaturated/α-hetero) is 1. The van der Waals surface area contributed by atoms with Gasteiger partial charge in [-0.25, -0.2) is 0 Å². The van der Waals surface area contributed by atoms with E-state index >= 15 is 0 Å². The average molecular weight is 470 g/mol. The zero-order chi connectivity index (χ0) is 24.9. The number of rotatable bonds is 8. The molecule has 0 aliphatic carbocycles. The van der Waals surface area contributed by atoms with E-state index in [9.17, 15) is 9.59 Å². The molecule has 3 aromatic carbocycles. The van der Waals surface area contributed by atoms with Crippen molar-refractivity contribution in [2.45, 2.75) is 20.8 Å². The summed E-state index contributed by atoms with van der Waals surface area (Å²) in [4.78, 5) is 24.2. The van der Waals surface area contributed by atoms with Gasteiger partial charge in [-0.1, -0.05) is 12.1 Å². The van der Waals surface area contributed by atoms with Gasteiger partial charge in [0.1, 0.15) is 17.1 Å². The van der Waals surface area contributed by atoms with Gasteiger partial charge in [0.2, 0.25) is 5.91 Å². The zero-order valence-electron chi connectivity index (χ0n) is 20.2. The van der Waals surface area contributed by atoms with E-state index in [2.05, 4.69) is 5.32 Å². The highest BCUT2D eigenvalue weighted by atomic mass is 16.5. The van der Waals surface area contributed by atoms with E-state index in [0.717, 1.165) is 33.4 Å². The Morgan fingerprint density at radius 3 is 2.34 bits per heavy atom. The fourth-order valence-corrected chi connectivity index (χ4v) is 3.87. The largest absolute Gasteiger partial charge is 0.497 e. The summed E-state index contributed by atoms with van der Waals surface area (Å²) in [5.41, 5.74) is 5.39. The minimum atomic E-state index is -0.275. The van der Waals surface area contributed by atoms with Crippen LogP contribution in [0.15, 0.2) is 77.4 Å². The Hall–Kier alpha value is -4.32. The van der Waals surface area contributed by atoms with Gasteiger partial charge in [-0.2, -0.15) is 0 Å². The van der Waals surface area contributed by atoms with Crippen LogP contribution < -0.4 is 14.8 Å². The molecule has 0 radical (unpaired) electrons. The number of amides is 1. The molecule has 0 saturated carbocycles. The van der Waals surface area contributed by atoms with Crippen LogP contribution >= 0.6 is 0 Å². The van der Waals surface area contributed by atoms with Gasteiger partial charge < -0.3 is 19.2 Å². The molecule has 0 aliphatic rings. The Morgan fingerprint density at radius 2 is 1.71 bits per heavy atom. The number of carbonyl (C=O) groups is 2. The van der Waals surface area contributed by atoms with Gasteiger partial charge in [0.15, 0.2) is 5.78 Å².